The van der Waals surface area contributed by atoms with E-state index in [1.165, 1.54) is 0 Å². The molecule has 0 radical (unpaired) electrons. The number of amides is 1. The van der Waals surface area contributed by atoms with E-state index in [1.807, 2.05) is 30.3 Å². The fourth-order valence-electron chi connectivity index (χ4n) is 4.43. The Bertz CT molecular complexity index is 1450. The van der Waals surface area contributed by atoms with Crippen molar-refractivity contribution in [3.8, 4) is 5.75 Å². The van der Waals surface area contributed by atoms with E-state index in [4.69, 9.17) is 36.9 Å². The zero-order valence-electron chi connectivity index (χ0n) is 21.5. The number of aryl methyl sites for hydroxylation is 1. The van der Waals surface area contributed by atoms with Gasteiger partial charge < -0.3 is 29.8 Å². The predicted molar refractivity (Wildman–Crippen MR) is 153 cm³/mol. The largest absolute Gasteiger partial charge is 0.482 e. The first-order valence-electron chi connectivity index (χ1n) is 12.2. The summed E-state index contributed by atoms with van der Waals surface area (Å²) in [6.07, 6.45) is 1.24. The third-order valence-electron chi connectivity index (χ3n) is 6.13. The van der Waals surface area contributed by atoms with E-state index in [1.54, 1.807) is 30.2 Å². The number of halogens is 2. The fraction of sp³-hybridized carbons (Fsp3) is 0.333. The van der Waals surface area contributed by atoms with Gasteiger partial charge in [-0.15, -0.1) is 24.0 Å². The molecule has 2 aromatic heterocycles. The quantitative estimate of drug-likeness (QED) is 0.229. The van der Waals surface area contributed by atoms with Gasteiger partial charge in [-0.2, -0.15) is 0 Å². The van der Waals surface area contributed by atoms with Gasteiger partial charge in [0.25, 0.3) is 0 Å². The number of para-hydroxylation sites is 1. The number of pyridine rings is 1. The summed E-state index contributed by atoms with van der Waals surface area (Å²) in [6.45, 7) is 1.43. The van der Waals surface area contributed by atoms with E-state index in [0.717, 1.165) is 27.8 Å². The second-order valence-corrected chi connectivity index (χ2v) is 9.03. The Morgan fingerprint density at radius 3 is 2.69 bits per heavy atom. The minimum absolute atomic E-state index is 0. The number of carbonyl (C=O) groups is 2. The number of imidazole rings is 1. The maximum absolute atomic E-state index is 12.7. The van der Waals surface area contributed by atoms with Crippen LogP contribution in [0.3, 0.4) is 0 Å². The summed E-state index contributed by atoms with van der Waals surface area (Å²) in [7, 11) is 1.65. The molecule has 0 saturated carbocycles. The smallest absolute Gasteiger partial charge is 0.341 e. The van der Waals surface area contributed by atoms with Crippen molar-refractivity contribution in [2.24, 2.45) is 0 Å². The lowest BCUT2D eigenvalue weighted by Gasteiger charge is -2.23. The van der Waals surface area contributed by atoms with Crippen LogP contribution in [0.4, 0.5) is 5.82 Å². The van der Waals surface area contributed by atoms with Crippen molar-refractivity contribution in [2.45, 2.75) is 25.9 Å². The van der Waals surface area contributed by atoms with Crippen LogP contribution in [0.5, 0.6) is 5.75 Å². The van der Waals surface area contributed by atoms with Gasteiger partial charge in [0.15, 0.2) is 12.4 Å². The average molecular weight is 576 g/mol. The Balaban J connectivity index is 0.00000420. The number of hydrogen-bond donors (Lipinski definition) is 2. The van der Waals surface area contributed by atoms with Crippen molar-refractivity contribution in [1.29, 1.82) is 0 Å². The van der Waals surface area contributed by atoms with Crippen molar-refractivity contribution >= 4 is 63.6 Å². The predicted octanol–water partition coefficient (Wildman–Crippen LogP) is 3.90. The lowest BCUT2D eigenvalue weighted by atomic mass is 10.1. The van der Waals surface area contributed by atoms with Crippen LogP contribution in [-0.4, -0.2) is 69.2 Å². The number of methoxy groups -OCH3 is 1. The van der Waals surface area contributed by atoms with Gasteiger partial charge in [0.2, 0.25) is 5.91 Å². The monoisotopic (exact) mass is 575 g/mol. The number of carboxylic acid groups (broad SMARTS) is 1. The average Bonchev–Trinajstić information content (AvgIpc) is 3.29. The van der Waals surface area contributed by atoms with E-state index in [0.29, 0.717) is 56.2 Å². The summed E-state index contributed by atoms with van der Waals surface area (Å²) in [6, 6.07) is 14.8. The molecule has 0 spiro atoms. The van der Waals surface area contributed by atoms with E-state index >= 15 is 0 Å². The highest BCUT2D eigenvalue weighted by atomic mass is 35.5. The van der Waals surface area contributed by atoms with Crippen LogP contribution in [0.1, 0.15) is 17.8 Å². The second-order valence-electron chi connectivity index (χ2n) is 8.77. The molecule has 0 aliphatic rings. The molecular weight excluding hydrogens is 545 g/mol. The number of aromatic nitrogens is 3. The third kappa shape index (κ3) is 7.29. The SMILES string of the molecule is COCCc1nc2c(N)nc3ccccc3c2n1CCCN(Cc1cccc(OCC(=O)O)c1)C(=O)CCl.Cl. The topological polar surface area (TPSA) is 133 Å². The summed E-state index contributed by atoms with van der Waals surface area (Å²) >= 11 is 5.92. The highest BCUT2D eigenvalue weighted by molar-refractivity contribution is 6.27. The number of nitrogens with two attached hydrogens (primary N) is 1. The van der Waals surface area contributed by atoms with Gasteiger partial charge in [0.05, 0.1) is 17.6 Å². The van der Waals surface area contributed by atoms with Gasteiger partial charge >= 0.3 is 5.97 Å². The maximum atomic E-state index is 12.7. The molecule has 208 valence electrons. The zero-order chi connectivity index (χ0) is 27.1. The highest BCUT2D eigenvalue weighted by Crippen LogP contribution is 2.29. The summed E-state index contributed by atoms with van der Waals surface area (Å²) in [4.78, 5) is 34.5. The van der Waals surface area contributed by atoms with Gasteiger partial charge in [-0.3, -0.25) is 4.79 Å². The molecule has 0 unspecified atom stereocenters. The Morgan fingerprint density at radius 2 is 1.95 bits per heavy atom. The van der Waals surface area contributed by atoms with Crippen LogP contribution in [0.2, 0.25) is 0 Å². The van der Waals surface area contributed by atoms with Crippen LogP contribution >= 0.6 is 24.0 Å². The van der Waals surface area contributed by atoms with Gasteiger partial charge in [-0.05, 0) is 30.2 Å². The lowest BCUT2D eigenvalue weighted by Crippen LogP contribution is -2.33. The molecule has 10 nitrogen and oxygen atoms in total. The lowest BCUT2D eigenvalue weighted by molar-refractivity contribution is -0.139. The summed E-state index contributed by atoms with van der Waals surface area (Å²) < 4.78 is 12.7. The van der Waals surface area contributed by atoms with E-state index in [2.05, 4.69) is 9.55 Å². The number of rotatable bonds is 13. The molecule has 1 amide bonds. The molecule has 4 aromatic rings. The van der Waals surface area contributed by atoms with Crippen LogP contribution in [0.25, 0.3) is 21.9 Å². The second kappa shape index (κ2) is 14.0. The van der Waals surface area contributed by atoms with Crippen molar-refractivity contribution in [3.63, 3.8) is 0 Å². The minimum Gasteiger partial charge on any atom is -0.482 e. The zero-order valence-corrected chi connectivity index (χ0v) is 23.1. The van der Waals surface area contributed by atoms with Crippen LogP contribution in [0.15, 0.2) is 48.5 Å². The number of nitrogen functional groups attached to an aromatic ring is 1. The first-order valence-corrected chi connectivity index (χ1v) is 12.7. The van der Waals surface area contributed by atoms with Crippen LogP contribution in [0, 0.1) is 0 Å². The molecule has 3 N–H and O–H groups in total. The molecule has 39 heavy (non-hydrogen) atoms. The summed E-state index contributed by atoms with van der Waals surface area (Å²) in [5.74, 6) is 0.239. The number of aliphatic carboxylic acids is 1. The Morgan fingerprint density at radius 1 is 1.15 bits per heavy atom. The molecule has 0 saturated heterocycles. The minimum atomic E-state index is -1.06. The number of anilines is 1. The molecule has 0 bridgehead atoms. The molecule has 0 fully saturated rings. The van der Waals surface area contributed by atoms with Gasteiger partial charge in [-0.1, -0.05) is 30.3 Å². The summed E-state index contributed by atoms with van der Waals surface area (Å²) in [5.41, 5.74) is 9.45. The first-order chi connectivity index (χ1) is 18.4. The fourth-order valence-corrected chi connectivity index (χ4v) is 4.59. The van der Waals surface area contributed by atoms with Gasteiger partial charge in [0, 0.05) is 38.6 Å². The van der Waals surface area contributed by atoms with Gasteiger partial charge in [0.1, 0.15) is 23.0 Å². The number of alkyl halides is 1. The number of hydrogen-bond acceptors (Lipinski definition) is 7. The van der Waals surface area contributed by atoms with E-state index in [9.17, 15) is 9.59 Å². The van der Waals surface area contributed by atoms with E-state index < -0.39 is 12.6 Å². The molecule has 0 aliphatic carbocycles. The van der Waals surface area contributed by atoms with Crippen molar-refractivity contribution in [1.82, 2.24) is 19.4 Å². The Hall–Kier alpha value is -3.60. The number of carboxylic acids is 1. The molecular formula is C27H31Cl2N5O5. The van der Waals surface area contributed by atoms with Crippen molar-refractivity contribution in [2.75, 3.05) is 38.5 Å². The van der Waals surface area contributed by atoms with E-state index in [-0.39, 0.29) is 24.2 Å². The molecule has 0 aliphatic heterocycles. The molecule has 12 heteroatoms. The molecule has 0 atom stereocenters. The molecule has 4 rings (SSSR count). The third-order valence-corrected chi connectivity index (χ3v) is 6.36. The number of ether oxygens (including phenoxy) is 2. The number of nitrogens with zero attached hydrogens (tertiary/aromatic N) is 4. The first kappa shape index (κ1) is 29.9. The van der Waals surface area contributed by atoms with Gasteiger partial charge in [-0.25, -0.2) is 14.8 Å². The number of fused-ring (bicyclic) bond motifs is 3. The molecule has 2 aromatic carbocycles. The van der Waals surface area contributed by atoms with Crippen molar-refractivity contribution < 1.29 is 24.2 Å². The standard InChI is InChI=1S/C27H30ClN5O5.ClH/c1-37-13-10-22-31-25-26(20-8-2-3-9-21(20)30-27(25)29)33(22)12-5-11-32(23(34)15-28)16-18-6-4-7-19(14-18)38-17-24(35)36;/h2-4,6-9,14H,5,10-13,15-17H2,1H3,(H2,29,30)(H,35,36);1H. The number of carbonyl (C=O) groups excluding carboxylic acids is 1. The number of benzene rings is 2. The van der Waals surface area contributed by atoms with Crippen molar-refractivity contribution in [3.05, 3.63) is 59.9 Å². The highest BCUT2D eigenvalue weighted by Gasteiger charge is 2.19. The van der Waals surface area contributed by atoms with Crippen LogP contribution in [-0.2, 0) is 33.8 Å². The summed E-state index contributed by atoms with van der Waals surface area (Å²) in [5, 5.41) is 9.82. The van der Waals surface area contributed by atoms with Crippen LogP contribution < -0.4 is 10.5 Å². The molecule has 2 heterocycles. The Labute approximate surface area is 237 Å². The maximum Gasteiger partial charge on any atom is 0.341 e. The normalized spacial score (nSPS) is 10.9. The Kier molecular flexibility index (Phi) is 10.7.